The van der Waals surface area contributed by atoms with Crippen LogP contribution in [0.1, 0.15) is 29.6 Å². The van der Waals surface area contributed by atoms with Crippen LogP contribution < -0.4 is 15.4 Å². The van der Waals surface area contributed by atoms with Gasteiger partial charge in [0.1, 0.15) is 11.5 Å². The zero-order valence-corrected chi connectivity index (χ0v) is 12.7. The smallest absolute Gasteiger partial charge is 0.422 e. The molecule has 2 amide bonds. The number of rotatable bonds is 5. The normalized spacial score (nSPS) is 18.0. The summed E-state index contributed by atoms with van der Waals surface area (Å²) in [5, 5.41) is 14.7. The molecule has 6 nitrogen and oxygen atoms in total. The summed E-state index contributed by atoms with van der Waals surface area (Å²) in [6.45, 7) is -1.41. The first kappa shape index (κ1) is 17.9. The van der Waals surface area contributed by atoms with E-state index in [0.29, 0.717) is 19.3 Å². The molecule has 132 valence electrons. The zero-order valence-electron chi connectivity index (χ0n) is 12.7. The highest BCUT2D eigenvalue weighted by molar-refractivity contribution is 5.97. The minimum absolute atomic E-state index is 0.105. The van der Waals surface area contributed by atoms with Crippen molar-refractivity contribution in [3.8, 4) is 11.5 Å². The third kappa shape index (κ3) is 5.32. The van der Waals surface area contributed by atoms with Gasteiger partial charge < -0.3 is 20.5 Å². The molecule has 1 aromatic rings. The summed E-state index contributed by atoms with van der Waals surface area (Å²) in [6.07, 6.45) is -2.70. The molecule has 1 atom stereocenters. The van der Waals surface area contributed by atoms with Crippen molar-refractivity contribution in [1.82, 2.24) is 10.6 Å². The van der Waals surface area contributed by atoms with Gasteiger partial charge in [-0.05, 0) is 31.0 Å². The Bertz CT molecular complexity index is 619. The molecule has 1 aliphatic rings. The van der Waals surface area contributed by atoms with E-state index in [4.69, 9.17) is 0 Å². The highest BCUT2D eigenvalue weighted by atomic mass is 19.4. The second kappa shape index (κ2) is 7.41. The van der Waals surface area contributed by atoms with Crippen LogP contribution in [0.15, 0.2) is 18.2 Å². The predicted octanol–water partition coefficient (Wildman–Crippen LogP) is 1.73. The summed E-state index contributed by atoms with van der Waals surface area (Å²) in [7, 11) is 0. The minimum atomic E-state index is -4.54. The molecule has 1 heterocycles. The fourth-order valence-electron chi connectivity index (χ4n) is 2.33. The largest absolute Gasteiger partial charge is 0.508 e. The molecule has 0 aliphatic carbocycles. The van der Waals surface area contributed by atoms with Gasteiger partial charge in [0.15, 0.2) is 6.61 Å². The number of aromatic hydroxyl groups is 1. The quantitative estimate of drug-likeness (QED) is 0.758. The number of phenolic OH excluding ortho intramolecular Hbond substituents is 1. The molecule has 1 aliphatic heterocycles. The van der Waals surface area contributed by atoms with Crippen LogP contribution in [0.3, 0.4) is 0 Å². The van der Waals surface area contributed by atoms with Crippen LogP contribution in [0.25, 0.3) is 0 Å². The molecule has 1 fully saturated rings. The van der Waals surface area contributed by atoms with Crippen molar-refractivity contribution < 1.29 is 32.6 Å². The molecule has 1 aromatic carbocycles. The third-order valence-electron chi connectivity index (χ3n) is 3.43. The summed E-state index contributed by atoms with van der Waals surface area (Å²) < 4.78 is 41.4. The number of carbonyl (C=O) groups is 2. The van der Waals surface area contributed by atoms with Gasteiger partial charge in [0, 0.05) is 19.0 Å². The van der Waals surface area contributed by atoms with Gasteiger partial charge >= 0.3 is 6.18 Å². The van der Waals surface area contributed by atoms with Crippen LogP contribution in [0.4, 0.5) is 13.2 Å². The SMILES string of the molecule is O=C1CCCC(CNC(=O)c2cc(O)ccc2OCC(F)(F)F)N1. The van der Waals surface area contributed by atoms with Gasteiger partial charge in [-0.25, -0.2) is 0 Å². The molecular weight excluding hydrogens is 329 g/mol. The number of ether oxygens (including phenoxy) is 1. The number of hydrogen-bond donors (Lipinski definition) is 3. The van der Waals surface area contributed by atoms with Crippen molar-refractivity contribution in [3.63, 3.8) is 0 Å². The van der Waals surface area contributed by atoms with Gasteiger partial charge in [0.2, 0.25) is 5.91 Å². The lowest BCUT2D eigenvalue weighted by molar-refractivity contribution is -0.153. The average molecular weight is 346 g/mol. The molecule has 0 aromatic heterocycles. The molecule has 0 bridgehead atoms. The summed E-state index contributed by atoms with van der Waals surface area (Å²) in [6, 6.07) is 3.02. The summed E-state index contributed by atoms with van der Waals surface area (Å²) in [5.74, 6) is -1.35. The van der Waals surface area contributed by atoms with Crippen molar-refractivity contribution in [2.24, 2.45) is 0 Å². The zero-order chi connectivity index (χ0) is 17.7. The topological polar surface area (TPSA) is 87.7 Å². The fraction of sp³-hybridized carbons (Fsp3) is 0.467. The number of halogens is 3. The maximum Gasteiger partial charge on any atom is 0.422 e. The second-order valence-electron chi connectivity index (χ2n) is 5.45. The number of nitrogens with one attached hydrogen (secondary N) is 2. The van der Waals surface area contributed by atoms with Gasteiger partial charge in [0.25, 0.3) is 5.91 Å². The standard InChI is InChI=1S/C15H17F3N2O4/c16-15(17,18)8-24-12-5-4-10(21)6-11(12)14(23)19-7-9-2-1-3-13(22)20-9/h4-6,9,21H,1-3,7-8H2,(H,19,23)(H,20,22). The first-order chi connectivity index (χ1) is 11.2. The number of benzene rings is 1. The number of hydrogen-bond acceptors (Lipinski definition) is 4. The number of phenols is 1. The van der Waals surface area contributed by atoms with Gasteiger partial charge in [-0.15, -0.1) is 0 Å². The van der Waals surface area contributed by atoms with E-state index in [1.54, 1.807) is 0 Å². The van der Waals surface area contributed by atoms with Crippen LogP contribution >= 0.6 is 0 Å². The van der Waals surface area contributed by atoms with E-state index in [1.807, 2.05) is 0 Å². The van der Waals surface area contributed by atoms with Crippen LogP contribution in [0.2, 0.25) is 0 Å². The fourth-order valence-corrected chi connectivity index (χ4v) is 2.33. The van der Waals surface area contributed by atoms with Crippen molar-refractivity contribution in [1.29, 1.82) is 0 Å². The van der Waals surface area contributed by atoms with Crippen molar-refractivity contribution in [3.05, 3.63) is 23.8 Å². The van der Waals surface area contributed by atoms with Crippen LogP contribution in [-0.2, 0) is 4.79 Å². The molecule has 1 unspecified atom stereocenters. The van der Waals surface area contributed by atoms with Gasteiger partial charge in [-0.3, -0.25) is 9.59 Å². The van der Waals surface area contributed by atoms with E-state index < -0.39 is 18.7 Å². The molecule has 0 spiro atoms. The van der Waals surface area contributed by atoms with Crippen LogP contribution in [-0.4, -0.2) is 42.3 Å². The van der Waals surface area contributed by atoms with E-state index >= 15 is 0 Å². The monoisotopic (exact) mass is 346 g/mol. The Morgan fingerprint density at radius 1 is 1.42 bits per heavy atom. The Hall–Kier alpha value is -2.45. The Labute approximate surface area is 136 Å². The Morgan fingerprint density at radius 2 is 2.17 bits per heavy atom. The lowest BCUT2D eigenvalue weighted by Crippen LogP contribution is -2.46. The first-order valence-electron chi connectivity index (χ1n) is 7.35. The first-order valence-corrected chi connectivity index (χ1v) is 7.35. The number of amides is 2. The molecule has 0 radical (unpaired) electrons. The van der Waals surface area contributed by atoms with Crippen LogP contribution in [0.5, 0.6) is 11.5 Å². The number of carbonyl (C=O) groups excluding carboxylic acids is 2. The predicted molar refractivity (Wildman–Crippen MR) is 77.8 cm³/mol. The van der Waals surface area contributed by atoms with E-state index in [-0.39, 0.29) is 35.6 Å². The van der Waals surface area contributed by atoms with Crippen LogP contribution in [0, 0.1) is 0 Å². The third-order valence-corrected chi connectivity index (χ3v) is 3.43. The molecule has 0 saturated carbocycles. The van der Waals surface area contributed by atoms with E-state index in [1.165, 1.54) is 0 Å². The van der Waals surface area contributed by atoms with Crippen molar-refractivity contribution in [2.45, 2.75) is 31.5 Å². The molecule has 3 N–H and O–H groups in total. The maximum atomic E-state index is 12.3. The van der Waals surface area contributed by atoms with E-state index in [0.717, 1.165) is 18.2 Å². The highest BCUT2D eigenvalue weighted by Gasteiger charge is 2.29. The highest BCUT2D eigenvalue weighted by Crippen LogP contribution is 2.26. The Kier molecular flexibility index (Phi) is 5.53. The average Bonchev–Trinajstić information content (AvgIpc) is 2.50. The summed E-state index contributed by atoms with van der Waals surface area (Å²) in [4.78, 5) is 23.5. The van der Waals surface area contributed by atoms with Gasteiger partial charge in [-0.1, -0.05) is 0 Å². The Balaban J connectivity index is 2.01. The Morgan fingerprint density at radius 3 is 2.83 bits per heavy atom. The van der Waals surface area contributed by atoms with E-state index in [2.05, 4.69) is 15.4 Å². The molecular formula is C15H17F3N2O4. The number of alkyl halides is 3. The lowest BCUT2D eigenvalue weighted by Gasteiger charge is -2.23. The van der Waals surface area contributed by atoms with Crippen molar-refractivity contribution >= 4 is 11.8 Å². The maximum absolute atomic E-state index is 12.3. The molecule has 1 saturated heterocycles. The van der Waals surface area contributed by atoms with Gasteiger partial charge in [0.05, 0.1) is 5.56 Å². The van der Waals surface area contributed by atoms with Gasteiger partial charge in [-0.2, -0.15) is 13.2 Å². The molecule has 9 heteroatoms. The summed E-state index contributed by atoms with van der Waals surface area (Å²) in [5.41, 5.74) is -0.207. The lowest BCUT2D eigenvalue weighted by atomic mass is 10.0. The van der Waals surface area contributed by atoms with E-state index in [9.17, 15) is 27.9 Å². The summed E-state index contributed by atoms with van der Waals surface area (Å²) >= 11 is 0. The minimum Gasteiger partial charge on any atom is -0.508 e. The van der Waals surface area contributed by atoms with Crippen molar-refractivity contribution in [2.75, 3.05) is 13.2 Å². The molecule has 2 rings (SSSR count). The number of piperidine rings is 1. The molecule has 24 heavy (non-hydrogen) atoms. The second-order valence-corrected chi connectivity index (χ2v) is 5.45.